The fourth-order valence-corrected chi connectivity index (χ4v) is 2.56. The lowest BCUT2D eigenvalue weighted by Crippen LogP contribution is -2.32. The molecule has 2 rings (SSSR count). The third-order valence-corrected chi connectivity index (χ3v) is 4.07. The molecular formula is C16H26N4O. The molecule has 2 N–H and O–H groups in total. The smallest absolute Gasteiger partial charge is 0.270 e. The molecule has 1 aromatic rings. The van der Waals surface area contributed by atoms with Gasteiger partial charge in [0.2, 0.25) is 5.95 Å². The maximum absolute atomic E-state index is 12.1. The van der Waals surface area contributed by atoms with Gasteiger partial charge in [0.1, 0.15) is 5.69 Å². The molecule has 5 nitrogen and oxygen atoms in total. The van der Waals surface area contributed by atoms with Crippen LogP contribution in [-0.2, 0) is 0 Å². The number of rotatable bonds is 5. The van der Waals surface area contributed by atoms with Gasteiger partial charge in [-0.05, 0) is 32.3 Å². The number of hydrogen-bond donors (Lipinski definition) is 2. The second-order valence-electron chi connectivity index (χ2n) is 5.88. The molecule has 0 aromatic carbocycles. The SMILES string of the molecule is CCC(C)NC(=O)c1ccnc(NC2CCCCCC2)n1. The van der Waals surface area contributed by atoms with E-state index in [1.165, 1.54) is 25.7 Å². The summed E-state index contributed by atoms with van der Waals surface area (Å²) in [5, 5.41) is 6.31. The van der Waals surface area contributed by atoms with E-state index in [-0.39, 0.29) is 11.9 Å². The summed E-state index contributed by atoms with van der Waals surface area (Å²) in [6, 6.07) is 2.25. The zero-order valence-corrected chi connectivity index (χ0v) is 13.1. The summed E-state index contributed by atoms with van der Waals surface area (Å²) in [6.07, 6.45) is 10.0. The van der Waals surface area contributed by atoms with Gasteiger partial charge in [-0.1, -0.05) is 32.6 Å². The molecule has 1 atom stereocenters. The van der Waals surface area contributed by atoms with Gasteiger partial charge in [-0.2, -0.15) is 0 Å². The monoisotopic (exact) mass is 290 g/mol. The Morgan fingerprint density at radius 1 is 1.33 bits per heavy atom. The highest BCUT2D eigenvalue weighted by Crippen LogP contribution is 2.19. The summed E-state index contributed by atoms with van der Waals surface area (Å²) >= 11 is 0. The van der Waals surface area contributed by atoms with Gasteiger partial charge in [0, 0.05) is 18.3 Å². The van der Waals surface area contributed by atoms with E-state index < -0.39 is 0 Å². The molecule has 0 radical (unpaired) electrons. The van der Waals surface area contributed by atoms with Crippen molar-refractivity contribution in [1.82, 2.24) is 15.3 Å². The quantitative estimate of drug-likeness (QED) is 0.818. The van der Waals surface area contributed by atoms with Crippen LogP contribution in [0.2, 0.25) is 0 Å². The Bertz CT molecular complexity index is 455. The number of amides is 1. The summed E-state index contributed by atoms with van der Waals surface area (Å²) in [7, 11) is 0. The second kappa shape index (κ2) is 7.96. The van der Waals surface area contributed by atoms with E-state index in [0.29, 0.717) is 17.7 Å². The van der Waals surface area contributed by atoms with Crippen molar-refractivity contribution in [1.29, 1.82) is 0 Å². The highest BCUT2D eigenvalue weighted by Gasteiger charge is 2.15. The molecule has 0 saturated heterocycles. The minimum Gasteiger partial charge on any atom is -0.351 e. The van der Waals surface area contributed by atoms with Crippen LogP contribution in [0.1, 0.15) is 69.3 Å². The molecule has 0 bridgehead atoms. The maximum atomic E-state index is 12.1. The Labute approximate surface area is 127 Å². The first kappa shape index (κ1) is 15.7. The van der Waals surface area contributed by atoms with E-state index in [2.05, 4.69) is 20.6 Å². The molecule has 1 aliphatic carbocycles. The first-order chi connectivity index (χ1) is 10.2. The number of nitrogens with one attached hydrogen (secondary N) is 2. The van der Waals surface area contributed by atoms with E-state index in [9.17, 15) is 4.79 Å². The zero-order valence-electron chi connectivity index (χ0n) is 13.1. The van der Waals surface area contributed by atoms with E-state index in [4.69, 9.17) is 0 Å². The minimum absolute atomic E-state index is 0.129. The van der Waals surface area contributed by atoms with Crippen molar-refractivity contribution in [3.05, 3.63) is 18.0 Å². The number of hydrogen-bond acceptors (Lipinski definition) is 4. The average molecular weight is 290 g/mol. The van der Waals surface area contributed by atoms with Crippen LogP contribution in [-0.4, -0.2) is 28.0 Å². The molecular weight excluding hydrogens is 264 g/mol. The first-order valence-corrected chi connectivity index (χ1v) is 8.09. The van der Waals surface area contributed by atoms with Gasteiger partial charge in [-0.3, -0.25) is 4.79 Å². The number of aromatic nitrogens is 2. The first-order valence-electron chi connectivity index (χ1n) is 8.09. The van der Waals surface area contributed by atoms with Crippen LogP contribution in [0.4, 0.5) is 5.95 Å². The lowest BCUT2D eigenvalue weighted by atomic mass is 10.1. The molecule has 21 heavy (non-hydrogen) atoms. The van der Waals surface area contributed by atoms with Crippen molar-refractivity contribution in [3.8, 4) is 0 Å². The highest BCUT2D eigenvalue weighted by molar-refractivity contribution is 5.92. The number of carbonyl (C=O) groups is 1. The Hall–Kier alpha value is -1.65. The fourth-order valence-electron chi connectivity index (χ4n) is 2.56. The summed E-state index contributed by atoms with van der Waals surface area (Å²) < 4.78 is 0. The van der Waals surface area contributed by atoms with Gasteiger partial charge in [-0.25, -0.2) is 9.97 Å². The molecule has 5 heteroatoms. The van der Waals surface area contributed by atoms with Crippen molar-refractivity contribution < 1.29 is 4.79 Å². The van der Waals surface area contributed by atoms with Crippen LogP contribution >= 0.6 is 0 Å². The van der Waals surface area contributed by atoms with Crippen molar-refractivity contribution >= 4 is 11.9 Å². The Morgan fingerprint density at radius 2 is 2.05 bits per heavy atom. The third-order valence-electron chi connectivity index (χ3n) is 4.07. The summed E-state index contributed by atoms with van der Waals surface area (Å²) in [5.41, 5.74) is 0.432. The number of anilines is 1. The summed E-state index contributed by atoms with van der Waals surface area (Å²) in [6.45, 7) is 4.04. The van der Waals surface area contributed by atoms with Gasteiger partial charge in [0.15, 0.2) is 0 Å². The minimum atomic E-state index is -0.129. The molecule has 0 aliphatic heterocycles. The third kappa shape index (κ3) is 4.99. The molecule has 1 aromatic heterocycles. The topological polar surface area (TPSA) is 66.9 Å². The predicted molar refractivity (Wildman–Crippen MR) is 84.4 cm³/mol. The van der Waals surface area contributed by atoms with Crippen molar-refractivity contribution in [2.45, 2.75) is 70.9 Å². The molecule has 1 amide bonds. The normalized spacial score (nSPS) is 17.8. The summed E-state index contributed by atoms with van der Waals surface area (Å²) in [5.74, 6) is 0.439. The lowest BCUT2D eigenvalue weighted by Gasteiger charge is -2.16. The van der Waals surface area contributed by atoms with Crippen LogP contribution in [0.3, 0.4) is 0 Å². The van der Waals surface area contributed by atoms with Crippen LogP contribution in [0, 0.1) is 0 Å². The lowest BCUT2D eigenvalue weighted by molar-refractivity contribution is 0.0934. The molecule has 0 spiro atoms. The van der Waals surface area contributed by atoms with E-state index in [1.54, 1.807) is 12.3 Å². The Morgan fingerprint density at radius 3 is 2.71 bits per heavy atom. The molecule has 1 aliphatic rings. The standard InChI is InChI=1S/C16H26N4O/c1-3-12(2)18-15(21)14-10-11-17-16(20-14)19-13-8-6-4-5-7-9-13/h10-13H,3-9H2,1-2H3,(H,18,21)(H,17,19,20). The van der Waals surface area contributed by atoms with Gasteiger partial charge in [-0.15, -0.1) is 0 Å². The Kier molecular flexibility index (Phi) is 5.96. The average Bonchev–Trinajstić information content (AvgIpc) is 2.76. The van der Waals surface area contributed by atoms with Gasteiger partial charge < -0.3 is 10.6 Å². The van der Waals surface area contributed by atoms with E-state index in [0.717, 1.165) is 19.3 Å². The Balaban J connectivity index is 1.98. The van der Waals surface area contributed by atoms with Gasteiger partial charge in [0.25, 0.3) is 5.91 Å². The molecule has 1 heterocycles. The zero-order chi connectivity index (χ0) is 15.1. The second-order valence-corrected chi connectivity index (χ2v) is 5.88. The van der Waals surface area contributed by atoms with Gasteiger partial charge in [0.05, 0.1) is 0 Å². The van der Waals surface area contributed by atoms with Crippen LogP contribution in [0.25, 0.3) is 0 Å². The van der Waals surface area contributed by atoms with Crippen molar-refractivity contribution in [2.24, 2.45) is 0 Å². The number of nitrogens with zero attached hydrogens (tertiary/aromatic N) is 2. The molecule has 1 unspecified atom stereocenters. The van der Waals surface area contributed by atoms with Crippen LogP contribution in [0.15, 0.2) is 12.3 Å². The van der Waals surface area contributed by atoms with Crippen LogP contribution < -0.4 is 10.6 Å². The van der Waals surface area contributed by atoms with Gasteiger partial charge >= 0.3 is 0 Å². The highest BCUT2D eigenvalue weighted by atomic mass is 16.1. The van der Waals surface area contributed by atoms with Crippen molar-refractivity contribution in [3.63, 3.8) is 0 Å². The molecule has 116 valence electrons. The molecule has 1 fully saturated rings. The largest absolute Gasteiger partial charge is 0.351 e. The predicted octanol–water partition coefficient (Wildman–Crippen LogP) is 3.14. The maximum Gasteiger partial charge on any atom is 0.270 e. The van der Waals surface area contributed by atoms with E-state index in [1.807, 2.05) is 13.8 Å². The van der Waals surface area contributed by atoms with E-state index >= 15 is 0 Å². The molecule has 1 saturated carbocycles. The fraction of sp³-hybridized carbons (Fsp3) is 0.688. The van der Waals surface area contributed by atoms with Crippen molar-refractivity contribution in [2.75, 3.05) is 5.32 Å². The van der Waals surface area contributed by atoms with Crippen LogP contribution in [0.5, 0.6) is 0 Å². The number of carbonyl (C=O) groups excluding carboxylic acids is 1. The summed E-state index contributed by atoms with van der Waals surface area (Å²) in [4.78, 5) is 20.7.